The van der Waals surface area contributed by atoms with E-state index >= 15 is 0 Å². The van der Waals surface area contributed by atoms with Gasteiger partial charge in [0.05, 0.1) is 12.8 Å². The van der Waals surface area contributed by atoms with Gasteiger partial charge in [-0.3, -0.25) is 4.79 Å². The van der Waals surface area contributed by atoms with Gasteiger partial charge in [-0.15, -0.1) is 0 Å². The molecular formula is C8H12N2O3. The minimum atomic E-state index is -0.277. The second-order valence-electron chi connectivity index (χ2n) is 2.85. The summed E-state index contributed by atoms with van der Waals surface area (Å²) in [5.74, 6) is 0.197. The number of carbonyl (C=O) groups excluding carboxylic acids is 1. The van der Waals surface area contributed by atoms with Crippen molar-refractivity contribution in [2.75, 3.05) is 6.61 Å². The number of aliphatic hydroxyl groups excluding tert-OH is 1. The Labute approximate surface area is 75.7 Å². The van der Waals surface area contributed by atoms with Gasteiger partial charge in [-0.2, -0.15) is 0 Å². The van der Waals surface area contributed by atoms with Gasteiger partial charge in [-0.05, 0) is 13.8 Å². The molecule has 2 N–H and O–H groups in total. The fourth-order valence-corrected chi connectivity index (χ4v) is 0.864. The van der Waals surface area contributed by atoms with Crippen LogP contribution in [0.4, 0.5) is 0 Å². The van der Waals surface area contributed by atoms with Crippen LogP contribution >= 0.6 is 0 Å². The van der Waals surface area contributed by atoms with E-state index in [1.165, 1.54) is 6.20 Å². The van der Waals surface area contributed by atoms with Crippen LogP contribution in [0.5, 0.6) is 0 Å². The summed E-state index contributed by atoms with van der Waals surface area (Å²) in [4.78, 5) is 11.4. The predicted octanol–water partition coefficient (Wildman–Crippen LogP) is 0.0936. The van der Waals surface area contributed by atoms with Gasteiger partial charge in [0, 0.05) is 6.04 Å². The summed E-state index contributed by atoms with van der Waals surface area (Å²) in [5, 5.41) is 14.8. The maximum Gasteiger partial charge on any atom is 0.256 e. The van der Waals surface area contributed by atoms with Gasteiger partial charge in [0.25, 0.3) is 5.91 Å². The lowest BCUT2D eigenvalue weighted by molar-refractivity contribution is 0.0921. The molecule has 0 spiro atoms. The van der Waals surface area contributed by atoms with Crippen LogP contribution in [0.3, 0.4) is 0 Å². The van der Waals surface area contributed by atoms with E-state index in [1.54, 1.807) is 13.8 Å². The third-order valence-electron chi connectivity index (χ3n) is 1.65. The Kier molecular flexibility index (Phi) is 3.02. The summed E-state index contributed by atoms with van der Waals surface area (Å²) in [7, 11) is 0. The number of aliphatic hydroxyl groups is 1. The number of nitrogens with one attached hydrogen (secondary N) is 1. The highest BCUT2D eigenvalue weighted by molar-refractivity contribution is 5.94. The van der Waals surface area contributed by atoms with Crippen LogP contribution in [0, 0.1) is 6.92 Å². The van der Waals surface area contributed by atoms with Crippen molar-refractivity contribution in [3.8, 4) is 0 Å². The van der Waals surface area contributed by atoms with Crippen LogP contribution in [0.1, 0.15) is 23.0 Å². The third-order valence-corrected chi connectivity index (χ3v) is 1.65. The maximum absolute atomic E-state index is 11.4. The molecule has 1 unspecified atom stereocenters. The van der Waals surface area contributed by atoms with Gasteiger partial charge < -0.3 is 14.9 Å². The fourth-order valence-electron chi connectivity index (χ4n) is 0.864. The van der Waals surface area contributed by atoms with Crippen LogP contribution < -0.4 is 5.32 Å². The summed E-state index contributed by atoms with van der Waals surface area (Å²) in [6.45, 7) is 3.28. The Bertz CT molecular complexity index is 295. The van der Waals surface area contributed by atoms with E-state index in [0.29, 0.717) is 11.3 Å². The molecular weight excluding hydrogens is 172 g/mol. The molecule has 0 bridgehead atoms. The van der Waals surface area contributed by atoms with Gasteiger partial charge in [0.2, 0.25) is 0 Å². The van der Waals surface area contributed by atoms with Gasteiger partial charge in [-0.1, -0.05) is 5.16 Å². The van der Waals surface area contributed by atoms with Crippen LogP contribution in [-0.2, 0) is 0 Å². The molecule has 0 aliphatic heterocycles. The Hall–Kier alpha value is -1.36. The number of rotatable bonds is 3. The van der Waals surface area contributed by atoms with Crippen molar-refractivity contribution in [1.29, 1.82) is 0 Å². The monoisotopic (exact) mass is 184 g/mol. The number of hydrogen-bond acceptors (Lipinski definition) is 4. The van der Waals surface area contributed by atoms with Crippen molar-refractivity contribution in [3.05, 3.63) is 17.5 Å². The second-order valence-corrected chi connectivity index (χ2v) is 2.85. The van der Waals surface area contributed by atoms with E-state index in [2.05, 4.69) is 10.5 Å². The Morgan fingerprint density at radius 2 is 2.54 bits per heavy atom. The molecule has 5 heteroatoms. The van der Waals surface area contributed by atoms with E-state index < -0.39 is 0 Å². The highest BCUT2D eigenvalue weighted by Crippen LogP contribution is 2.05. The molecule has 0 saturated heterocycles. The normalized spacial score (nSPS) is 12.5. The highest BCUT2D eigenvalue weighted by atomic mass is 16.5. The van der Waals surface area contributed by atoms with Crippen molar-refractivity contribution >= 4 is 5.91 Å². The van der Waals surface area contributed by atoms with E-state index in [0.717, 1.165) is 0 Å². The average molecular weight is 184 g/mol. The molecule has 5 nitrogen and oxygen atoms in total. The second kappa shape index (κ2) is 4.04. The lowest BCUT2D eigenvalue weighted by Crippen LogP contribution is -2.35. The molecule has 0 aliphatic rings. The third kappa shape index (κ3) is 2.29. The zero-order chi connectivity index (χ0) is 9.84. The quantitative estimate of drug-likeness (QED) is 0.698. The number of amides is 1. The molecule has 13 heavy (non-hydrogen) atoms. The van der Waals surface area contributed by atoms with Crippen molar-refractivity contribution in [2.45, 2.75) is 19.9 Å². The topological polar surface area (TPSA) is 75.4 Å². The molecule has 1 aromatic heterocycles. The average Bonchev–Trinajstić information content (AvgIpc) is 2.51. The van der Waals surface area contributed by atoms with E-state index in [9.17, 15) is 4.79 Å². The molecule has 0 fully saturated rings. The van der Waals surface area contributed by atoms with Crippen LogP contribution in [0.15, 0.2) is 10.7 Å². The molecule has 0 saturated carbocycles. The molecule has 0 aliphatic carbocycles. The lowest BCUT2D eigenvalue weighted by Gasteiger charge is -2.08. The minimum Gasteiger partial charge on any atom is -0.394 e. The van der Waals surface area contributed by atoms with E-state index in [-0.39, 0.29) is 18.6 Å². The summed E-state index contributed by atoms with van der Waals surface area (Å²) in [6, 6.07) is -0.262. The number of hydrogen-bond donors (Lipinski definition) is 2. The number of aromatic nitrogens is 1. The van der Waals surface area contributed by atoms with Gasteiger partial charge >= 0.3 is 0 Å². The largest absolute Gasteiger partial charge is 0.394 e. The van der Waals surface area contributed by atoms with Crippen molar-refractivity contribution in [1.82, 2.24) is 10.5 Å². The van der Waals surface area contributed by atoms with Crippen LogP contribution in [-0.4, -0.2) is 28.8 Å². The molecule has 0 aromatic carbocycles. The molecule has 1 rings (SSSR count). The number of nitrogens with zero attached hydrogens (tertiary/aromatic N) is 1. The standard InChI is InChI=1S/C8H12N2O3/c1-5(4-11)10-8(12)7-3-9-13-6(7)2/h3,5,11H,4H2,1-2H3,(H,10,12). The van der Waals surface area contributed by atoms with Gasteiger partial charge in [0.1, 0.15) is 11.3 Å². The molecule has 1 atom stereocenters. The summed E-state index contributed by atoms with van der Waals surface area (Å²) in [5.41, 5.74) is 0.403. The van der Waals surface area contributed by atoms with Crippen molar-refractivity contribution < 1.29 is 14.4 Å². The zero-order valence-electron chi connectivity index (χ0n) is 7.57. The first-order valence-corrected chi connectivity index (χ1v) is 3.98. The van der Waals surface area contributed by atoms with Crippen molar-refractivity contribution in [2.24, 2.45) is 0 Å². The highest BCUT2D eigenvalue weighted by Gasteiger charge is 2.14. The predicted molar refractivity (Wildman–Crippen MR) is 45.3 cm³/mol. The Morgan fingerprint density at radius 3 is 3.00 bits per heavy atom. The first-order chi connectivity index (χ1) is 6.15. The summed E-state index contributed by atoms with van der Waals surface area (Å²) in [6.07, 6.45) is 1.36. The first-order valence-electron chi connectivity index (χ1n) is 3.98. The maximum atomic E-state index is 11.4. The first kappa shape index (κ1) is 9.73. The van der Waals surface area contributed by atoms with Crippen LogP contribution in [0.25, 0.3) is 0 Å². The Balaban J connectivity index is 2.64. The molecule has 1 amide bonds. The van der Waals surface area contributed by atoms with E-state index in [4.69, 9.17) is 9.63 Å². The number of aryl methyl sites for hydroxylation is 1. The molecule has 72 valence electrons. The van der Waals surface area contributed by atoms with Crippen molar-refractivity contribution in [3.63, 3.8) is 0 Å². The van der Waals surface area contributed by atoms with Gasteiger partial charge in [0.15, 0.2) is 0 Å². The molecule has 1 heterocycles. The summed E-state index contributed by atoms with van der Waals surface area (Å²) >= 11 is 0. The molecule has 0 radical (unpaired) electrons. The SMILES string of the molecule is Cc1oncc1C(=O)NC(C)CO. The van der Waals surface area contributed by atoms with Crippen LogP contribution in [0.2, 0.25) is 0 Å². The minimum absolute atomic E-state index is 0.0872. The Morgan fingerprint density at radius 1 is 1.85 bits per heavy atom. The smallest absolute Gasteiger partial charge is 0.256 e. The van der Waals surface area contributed by atoms with E-state index in [1.807, 2.05) is 0 Å². The number of carbonyl (C=O) groups is 1. The molecule has 1 aromatic rings. The van der Waals surface area contributed by atoms with Gasteiger partial charge in [-0.25, -0.2) is 0 Å². The fraction of sp³-hybridized carbons (Fsp3) is 0.500. The zero-order valence-corrected chi connectivity index (χ0v) is 7.57. The lowest BCUT2D eigenvalue weighted by atomic mass is 10.2. The summed E-state index contributed by atoms with van der Waals surface area (Å²) < 4.78 is 4.73.